The molecule has 0 bridgehead atoms. The van der Waals surface area contributed by atoms with Crippen LogP contribution in [0.15, 0.2) is 52.3 Å². The lowest BCUT2D eigenvalue weighted by Crippen LogP contribution is -2.34. The minimum absolute atomic E-state index is 0.164. The number of carbonyl (C=O) groups excluding carboxylic acids is 1. The molecule has 1 aliphatic rings. The van der Waals surface area contributed by atoms with E-state index in [0.29, 0.717) is 5.56 Å². The van der Waals surface area contributed by atoms with Crippen molar-refractivity contribution in [3.8, 4) is 0 Å². The number of hydrogen-bond donors (Lipinski definition) is 2. The second-order valence-corrected chi connectivity index (χ2v) is 7.33. The van der Waals surface area contributed by atoms with Crippen LogP contribution in [-0.4, -0.2) is 33.0 Å². The van der Waals surface area contributed by atoms with E-state index >= 15 is 0 Å². The average Bonchev–Trinajstić information content (AvgIpc) is 2.84. The predicted molar refractivity (Wildman–Crippen MR) is 109 cm³/mol. The Labute approximate surface area is 164 Å². The van der Waals surface area contributed by atoms with Crippen LogP contribution >= 0.6 is 11.8 Å². The molecular weight excluding hydrogens is 360 g/mol. The van der Waals surface area contributed by atoms with Crippen molar-refractivity contribution in [3.63, 3.8) is 0 Å². The van der Waals surface area contributed by atoms with Crippen molar-refractivity contribution in [2.75, 3.05) is 26.1 Å². The average molecular weight is 385 g/mol. The Bertz CT molecular complexity index is 876. The number of hydrogen-bond acceptors (Lipinski definition) is 5. The molecule has 1 aliphatic heterocycles. The SMILES string of the molecule is CC=C1Nc2cc(C(=O)NCC(OC)OC)ccc2Sc2ccc(C)cc21. The Morgan fingerprint density at radius 2 is 1.93 bits per heavy atom. The van der Waals surface area contributed by atoms with Gasteiger partial charge in [-0.05, 0) is 44.2 Å². The summed E-state index contributed by atoms with van der Waals surface area (Å²) in [6, 6.07) is 12.1. The minimum Gasteiger partial charge on any atom is -0.354 e. The van der Waals surface area contributed by atoms with E-state index < -0.39 is 6.29 Å². The molecule has 0 atom stereocenters. The molecule has 1 amide bonds. The summed E-state index contributed by atoms with van der Waals surface area (Å²) in [5.41, 5.74) is 4.94. The van der Waals surface area contributed by atoms with Crippen molar-refractivity contribution in [1.82, 2.24) is 5.32 Å². The Kier molecular flexibility index (Phi) is 6.21. The van der Waals surface area contributed by atoms with Crippen molar-refractivity contribution in [1.29, 1.82) is 0 Å². The summed E-state index contributed by atoms with van der Waals surface area (Å²) in [5.74, 6) is -0.164. The molecule has 3 rings (SSSR count). The Hall–Kier alpha value is -2.28. The van der Waals surface area contributed by atoms with Crippen LogP contribution in [0.3, 0.4) is 0 Å². The molecule has 27 heavy (non-hydrogen) atoms. The summed E-state index contributed by atoms with van der Waals surface area (Å²) in [4.78, 5) is 14.8. The highest BCUT2D eigenvalue weighted by molar-refractivity contribution is 7.99. The predicted octanol–water partition coefficient (Wildman–Crippen LogP) is 4.28. The second kappa shape index (κ2) is 8.61. The van der Waals surface area contributed by atoms with Gasteiger partial charge in [-0.2, -0.15) is 0 Å². The van der Waals surface area contributed by atoms with E-state index in [-0.39, 0.29) is 12.5 Å². The Morgan fingerprint density at radius 1 is 1.19 bits per heavy atom. The van der Waals surface area contributed by atoms with E-state index in [1.54, 1.807) is 26.0 Å². The summed E-state index contributed by atoms with van der Waals surface area (Å²) in [7, 11) is 3.09. The van der Waals surface area contributed by atoms with Crippen LogP contribution < -0.4 is 10.6 Å². The molecule has 0 aliphatic carbocycles. The lowest BCUT2D eigenvalue weighted by Gasteiger charge is -2.15. The van der Waals surface area contributed by atoms with E-state index in [1.807, 2.05) is 25.1 Å². The van der Waals surface area contributed by atoms with Crippen molar-refractivity contribution < 1.29 is 14.3 Å². The number of rotatable bonds is 5. The number of benzene rings is 2. The maximum atomic E-state index is 12.5. The number of allylic oxidation sites excluding steroid dienone is 1. The van der Waals surface area contributed by atoms with Gasteiger partial charge in [-0.1, -0.05) is 29.5 Å². The Balaban J connectivity index is 1.86. The molecule has 2 aromatic carbocycles. The standard InChI is InChI=1S/C21H24N2O3S/c1-5-16-15-10-13(2)6-8-18(15)27-19-9-7-14(11-17(19)23-16)21(24)22-12-20(25-3)26-4/h5-11,20,23H,12H2,1-4H3,(H,22,24). The van der Waals surface area contributed by atoms with E-state index in [2.05, 4.69) is 41.8 Å². The van der Waals surface area contributed by atoms with E-state index in [9.17, 15) is 4.79 Å². The van der Waals surface area contributed by atoms with Gasteiger partial charge in [0, 0.05) is 40.8 Å². The third-order valence-corrected chi connectivity index (χ3v) is 5.55. The number of amides is 1. The molecule has 142 valence electrons. The number of carbonyl (C=O) groups is 1. The maximum Gasteiger partial charge on any atom is 0.251 e. The fourth-order valence-electron chi connectivity index (χ4n) is 2.90. The fourth-order valence-corrected chi connectivity index (χ4v) is 3.91. The van der Waals surface area contributed by atoms with E-state index in [1.165, 1.54) is 16.0 Å². The smallest absolute Gasteiger partial charge is 0.251 e. The zero-order valence-corrected chi connectivity index (χ0v) is 16.8. The fraction of sp³-hybridized carbons (Fsp3) is 0.286. The molecule has 0 unspecified atom stereocenters. The minimum atomic E-state index is -0.462. The van der Waals surface area contributed by atoms with Gasteiger partial charge in [0.2, 0.25) is 0 Å². The number of aryl methyl sites for hydroxylation is 1. The first-order valence-electron chi connectivity index (χ1n) is 8.75. The van der Waals surface area contributed by atoms with Crippen LogP contribution in [0.25, 0.3) is 5.70 Å². The molecule has 2 aromatic rings. The summed E-state index contributed by atoms with van der Waals surface area (Å²) in [5, 5.41) is 6.32. The van der Waals surface area contributed by atoms with Gasteiger partial charge in [0.15, 0.2) is 6.29 Å². The highest BCUT2D eigenvalue weighted by Crippen LogP contribution is 2.42. The van der Waals surface area contributed by atoms with Gasteiger partial charge >= 0.3 is 0 Å². The van der Waals surface area contributed by atoms with Gasteiger partial charge in [-0.25, -0.2) is 0 Å². The number of nitrogens with one attached hydrogen (secondary N) is 2. The molecule has 0 radical (unpaired) electrons. The third kappa shape index (κ3) is 4.35. The normalized spacial score (nSPS) is 14.3. The molecule has 0 saturated heterocycles. The molecule has 0 fully saturated rings. The number of ether oxygens (including phenoxy) is 2. The molecule has 0 aromatic heterocycles. The first kappa shape index (κ1) is 19.5. The summed E-state index contributed by atoms with van der Waals surface area (Å²) < 4.78 is 10.2. The molecule has 2 N–H and O–H groups in total. The number of methoxy groups -OCH3 is 2. The monoisotopic (exact) mass is 384 g/mol. The van der Waals surface area contributed by atoms with Gasteiger partial charge < -0.3 is 20.1 Å². The van der Waals surface area contributed by atoms with Gasteiger partial charge in [0.1, 0.15) is 0 Å². The first-order chi connectivity index (χ1) is 13.0. The van der Waals surface area contributed by atoms with Gasteiger partial charge in [0.05, 0.1) is 12.2 Å². The number of anilines is 1. The van der Waals surface area contributed by atoms with Gasteiger partial charge in [-0.15, -0.1) is 0 Å². The molecule has 0 saturated carbocycles. The highest BCUT2D eigenvalue weighted by Gasteiger charge is 2.19. The van der Waals surface area contributed by atoms with Crippen LogP contribution in [0.1, 0.15) is 28.4 Å². The lowest BCUT2D eigenvalue weighted by molar-refractivity contribution is -0.0974. The largest absolute Gasteiger partial charge is 0.354 e. The van der Waals surface area contributed by atoms with Crippen LogP contribution in [0.4, 0.5) is 5.69 Å². The van der Waals surface area contributed by atoms with E-state index in [4.69, 9.17) is 9.47 Å². The summed E-state index contributed by atoms with van der Waals surface area (Å²) in [6.07, 6.45) is 1.60. The molecule has 5 nitrogen and oxygen atoms in total. The van der Waals surface area contributed by atoms with Crippen LogP contribution in [0.5, 0.6) is 0 Å². The van der Waals surface area contributed by atoms with Crippen molar-refractivity contribution in [2.24, 2.45) is 0 Å². The zero-order chi connectivity index (χ0) is 19.4. The van der Waals surface area contributed by atoms with Crippen LogP contribution in [-0.2, 0) is 9.47 Å². The molecule has 6 heteroatoms. The summed E-state index contributed by atoms with van der Waals surface area (Å²) in [6.45, 7) is 4.39. The molecule has 1 heterocycles. The Morgan fingerprint density at radius 3 is 2.63 bits per heavy atom. The lowest BCUT2D eigenvalue weighted by atomic mass is 10.1. The quantitative estimate of drug-likeness (QED) is 0.754. The topological polar surface area (TPSA) is 59.6 Å². The van der Waals surface area contributed by atoms with Crippen LogP contribution in [0.2, 0.25) is 0 Å². The third-order valence-electron chi connectivity index (χ3n) is 4.40. The van der Waals surface area contributed by atoms with Crippen LogP contribution in [0, 0.1) is 6.92 Å². The first-order valence-corrected chi connectivity index (χ1v) is 9.57. The zero-order valence-electron chi connectivity index (χ0n) is 16.0. The molecule has 0 spiro atoms. The van der Waals surface area contributed by atoms with Crippen molar-refractivity contribution in [2.45, 2.75) is 29.9 Å². The maximum absolute atomic E-state index is 12.5. The number of fused-ring (bicyclic) bond motifs is 2. The highest BCUT2D eigenvalue weighted by atomic mass is 32.2. The second-order valence-electron chi connectivity index (χ2n) is 6.25. The van der Waals surface area contributed by atoms with E-state index in [0.717, 1.165) is 16.3 Å². The molecular formula is C21H24N2O3S. The van der Waals surface area contributed by atoms with Crippen molar-refractivity contribution >= 4 is 29.1 Å². The van der Waals surface area contributed by atoms with Gasteiger partial charge in [-0.3, -0.25) is 4.79 Å². The van der Waals surface area contributed by atoms with Crippen molar-refractivity contribution in [3.05, 3.63) is 59.2 Å². The van der Waals surface area contributed by atoms with Gasteiger partial charge in [0.25, 0.3) is 5.91 Å². The summed E-state index contributed by atoms with van der Waals surface area (Å²) >= 11 is 1.70.